The van der Waals surface area contributed by atoms with Crippen LogP contribution >= 0.6 is 11.3 Å². The monoisotopic (exact) mass is 1170 g/mol. The van der Waals surface area contributed by atoms with Crippen LogP contribution in [0, 0.1) is 0 Å². The second-order valence-corrected chi connectivity index (χ2v) is 18.6. The quantitative estimate of drug-likeness (QED) is 0.0851. The Morgan fingerprint density at radius 3 is 0.835 bits per heavy atom. The molecule has 8 rings (SSSR count). The number of halogens is 24. The average Bonchev–Trinajstić information content (AvgIpc) is 3.92. The highest BCUT2D eigenvalue weighted by atomic mass is 32.1. The van der Waals surface area contributed by atoms with Crippen LogP contribution in [0.1, 0.15) is 50.1 Å². The minimum atomic E-state index is -6.13. The maximum Gasteiger partial charge on any atom is 0.416 e. The van der Waals surface area contributed by atoms with Crippen LogP contribution in [0.15, 0.2) is 158 Å². The molecular weight excluding hydrogens is 1140 g/mol. The summed E-state index contributed by atoms with van der Waals surface area (Å²) in [5, 5.41) is 1.31. The van der Waals surface area contributed by atoms with Gasteiger partial charge in [0.15, 0.2) is 6.54 Å². The van der Waals surface area contributed by atoms with E-state index in [0.717, 1.165) is 6.54 Å². The molecule has 0 atom stereocenters. The van der Waals surface area contributed by atoms with Gasteiger partial charge in [-0.15, -0.1) is 0 Å². The van der Waals surface area contributed by atoms with Crippen molar-refractivity contribution in [1.29, 1.82) is 0 Å². The molecule has 8 aromatic rings. The van der Waals surface area contributed by atoms with Crippen molar-refractivity contribution in [3.8, 4) is 10.6 Å². The van der Waals surface area contributed by atoms with E-state index in [-0.39, 0.29) is 0 Å². The van der Waals surface area contributed by atoms with Gasteiger partial charge in [0.2, 0.25) is 5.52 Å². The number of nitrogens with zero attached hydrogens (tertiary/aromatic N) is 1. The lowest BCUT2D eigenvalue weighted by Gasteiger charge is -2.46. The summed E-state index contributed by atoms with van der Waals surface area (Å²) < 4.78 is 345. The summed E-state index contributed by atoms with van der Waals surface area (Å²) in [5.41, 5.74) is -26.3. The number of rotatable bonds is 7. The van der Waals surface area contributed by atoms with Crippen LogP contribution in [-0.4, -0.2) is 6.15 Å². The molecule has 1 nitrogen and oxygen atoms in total. The van der Waals surface area contributed by atoms with Crippen molar-refractivity contribution in [2.75, 3.05) is 0 Å². The summed E-state index contributed by atoms with van der Waals surface area (Å²) >= 11 is 1.86. The van der Waals surface area contributed by atoms with Crippen molar-refractivity contribution < 1.29 is 110 Å². The molecule has 1 heterocycles. The first-order valence-corrected chi connectivity index (χ1v) is 22.9. The minimum absolute atomic E-state index is 0.691. The predicted octanol–water partition coefficient (Wildman–Crippen LogP) is 16.1. The molecule has 0 aliphatic rings. The number of hydrogen-bond donors (Lipinski definition) is 0. The van der Waals surface area contributed by atoms with Crippen molar-refractivity contribution in [2.24, 2.45) is 0 Å². The summed E-state index contributed by atoms with van der Waals surface area (Å²) in [6.07, 6.45) is -54.8. The van der Waals surface area contributed by atoms with Crippen molar-refractivity contribution in [3.05, 3.63) is 208 Å². The topological polar surface area (TPSA) is 3.88 Å². The fraction of sp³-hybridized carbons (Fsp3) is 0.173. The third-order valence-corrected chi connectivity index (χ3v) is 13.5. The first-order valence-electron chi connectivity index (χ1n) is 22.0. The van der Waals surface area contributed by atoms with Gasteiger partial charge in [0.25, 0.3) is 5.01 Å². The Kier molecular flexibility index (Phi) is 15.7. The molecule has 0 aliphatic heterocycles. The standard InChI is InChI=1S/C32H12BF24.C20H16NS/c34-25(35,36)13-1-14(26(37,38)39)6-21(5-13)33(22-7-15(27(40,41)42)2-16(8-22)28(43,44)45,23-9-17(29(46,47)48)3-18(10-23)30(49,50)51)24-11-19(31(52,53)54)4-20(12-24)32(55,56)57;1-3-9-16(10-4-1)15-21-18-13-7-8-14-19(18)22-20(21)17-11-5-2-6-12-17/h1-12H;1-14H,15H2/q-1;+1. The fourth-order valence-corrected chi connectivity index (χ4v) is 9.99. The first kappa shape index (κ1) is 59.5. The molecule has 27 heteroatoms. The molecule has 1 aromatic heterocycles. The molecule has 7 aromatic carbocycles. The van der Waals surface area contributed by atoms with Crippen LogP contribution in [-0.2, 0) is 56.0 Å². The molecule has 0 fully saturated rings. The normalized spacial score (nSPS) is 13.4. The van der Waals surface area contributed by atoms with Gasteiger partial charge in [0, 0.05) is 11.6 Å². The molecule has 0 bridgehead atoms. The van der Waals surface area contributed by atoms with Crippen LogP contribution in [0.3, 0.4) is 0 Å². The second kappa shape index (κ2) is 20.8. The van der Waals surface area contributed by atoms with E-state index in [1.807, 2.05) is 11.3 Å². The van der Waals surface area contributed by atoms with Crippen LogP contribution in [0.5, 0.6) is 0 Å². The maximum atomic E-state index is 14.2. The summed E-state index contributed by atoms with van der Waals surface area (Å²) in [7, 11) is 0. The Balaban J connectivity index is 0.000000336. The Labute approximate surface area is 432 Å². The van der Waals surface area contributed by atoms with Crippen molar-refractivity contribution in [2.45, 2.75) is 56.0 Å². The highest BCUT2D eigenvalue weighted by molar-refractivity contribution is 7.21. The molecule has 418 valence electrons. The van der Waals surface area contributed by atoms with Gasteiger partial charge >= 0.3 is 49.4 Å². The van der Waals surface area contributed by atoms with E-state index in [1.165, 1.54) is 26.4 Å². The molecule has 0 saturated heterocycles. The zero-order valence-corrected chi connectivity index (χ0v) is 39.5. The molecule has 0 aliphatic carbocycles. The largest absolute Gasteiger partial charge is 0.416 e. The molecule has 0 amide bonds. The molecule has 0 spiro atoms. The third kappa shape index (κ3) is 13.1. The highest BCUT2D eigenvalue weighted by Gasteiger charge is 2.47. The van der Waals surface area contributed by atoms with Crippen LogP contribution < -0.4 is 26.4 Å². The van der Waals surface area contributed by atoms with Crippen molar-refractivity contribution >= 4 is 49.6 Å². The summed E-state index contributed by atoms with van der Waals surface area (Å²) in [6.45, 7) is 0.898. The highest BCUT2D eigenvalue weighted by Crippen LogP contribution is 2.42. The van der Waals surface area contributed by atoms with E-state index in [2.05, 4.69) is 89.5 Å². The lowest BCUT2D eigenvalue weighted by molar-refractivity contribution is -0.647. The first-order chi connectivity index (χ1) is 36.2. The molecule has 79 heavy (non-hydrogen) atoms. The lowest BCUT2D eigenvalue weighted by atomic mass is 9.12. The maximum absolute atomic E-state index is 14.2. The Morgan fingerprint density at radius 2 is 0.557 bits per heavy atom. The molecule has 0 unspecified atom stereocenters. The van der Waals surface area contributed by atoms with E-state index in [9.17, 15) is 105 Å². The van der Waals surface area contributed by atoms with Crippen molar-refractivity contribution in [1.82, 2.24) is 0 Å². The number of aromatic nitrogens is 1. The van der Waals surface area contributed by atoms with E-state index >= 15 is 0 Å². The minimum Gasteiger partial charge on any atom is -0.194 e. The predicted molar refractivity (Wildman–Crippen MR) is 243 cm³/mol. The van der Waals surface area contributed by atoms with Gasteiger partial charge in [-0.2, -0.15) is 132 Å². The summed E-state index contributed by atoms with van der Waals surface area (Å²) in [6, 6.07) is 21.1. The van der Waals surface area contributed by atoms with Gasteiger partial charge in [0.05, 0.1) is 50.1 Å². The molecule has 0 radical (unpaired) electrons. The van der Waals surface area contributed by atoms with Gasteiger partial charge in [-0.25, -0.2) is 0 Å². The number of para-hydroxylation sites is 1. The SMILES string of the molecule is FC(F)(F)c1cc([B-](c2cc(C(F)(F)F)cc(C(F)(F)F)c2)(c2cc(C(F)(F)F)cc(C(F)(F)F)c2)c2cc(C(F)(F)F)cc(C(F)(F)F)c2)cc(C(F)(F)F)c1.c1ccc(C[n+]2c(-c3ccccc3)sc3ccccc32)cc1. The third-order valence-electron chi connectivity index (χ3n) is 12.3. The Bertz CT molecular complexity index is 3030. The summed E-state index contributed by atoms with van der Waals surface area (Å²) in [4.78, 5) is 0. The number of alkyl halides is 24. The van der Waals surface area contributed by atoms with Crippen molar-refractivity contribution in [3.63, 3.8) is 0 Å². The second-order valence-electron chi connectivity index (χ2n) is 17.5. The van der Waals surface area contributed by atoms with Crippen LogP contribution in [0.2, 0.25) is 0 Å². The Morgan fingerprint density at radius 1 is 0.304 bits per heavy atom. The lowest BCUT2D eigenvalue weighted by Crippen LogP contribution is -2.75. The number of benzene rings is 7. The molecule has 0 saturated carbocycles. The molecule has 0 N–H and O–H groups in total. The van der Waals surface area contributed by atoms with Crippen LogP contribution in [0.25, 0.3) is 20.8 Å². The molecular formula is C52H28BF24NS. The van der Waals surface area contributed by atoms with E-state index in [4.69, 9.17) is 0 Å². The zero-order valence-electron chi connectivity index (χ0n) is 38.7. The number of thiazole rings is 1. The van der Waals surface area contributed by atoms with Gasteiger partial charge in [0.1, 0.15) is 10.8 Å². The average molecular weight is 1170 g/mol. The number of hydrogen-bond acceptors (Lipinski definition) is 1. The summed E-state index contributed by atoms with van der Waals surface area (Å²) in [5.74, 6) is 0. The van der Waals surface area contributed by atoms with Crippen LogP contribution in [0.4, 0.5) is 105 Å². The van der Waals surface area contributed by atoms with Gasteiger partial charge in [-0.3, -0.25) is 0 Å². The van der Waals surface area contributed by atoms with Gasteiger partial charge in [-0.05, 0) is 42.5 Å². The Hall–Kier alpha value is -7.19. The van der Waals surface area contributed by atoms with E-state index < -0.39 is 195 Å². The van der Waals surface area contributed by atoms with Gasteiger partial charge < -0.3 is 0 Å². The van der Waals surface area contributed by atoms with Gasteiger partial charge in [-0.1, -0.05) is 121 Å². The fourth-order valence-electron chi connectivity index (χ4n) is 8.82. The van der Waals surface area contributed by atoms with E-state index in [0.29, 0.717) is 0 Å². The zero-order chi connectivity index (χ0) is 58.7. The number of fused-ring (bicyclic) bond motifs is 1. The van der Waals surface area contributed by atoms with E-state index in [1.54, 1.807) is 0 Å². The smallest absolute Gasteiger partial charge is 0.194 e.